The van der Waals surface area contributed by atoms with E-state index in [1.165, 1.54) is 58.2 Å². The number of piperidine rings is 1. The summed E-state index contributed by atoms with van der Waals surface area (Å²) in [6, 6.07) is 0. The van der Waals surface area contributed by atoms with Crippen LogP contribution in [-0.2, 0) is 0 Å². The third-order valence-electron chi connectivity index (χ3n) is 2.58. The minimum atomic E-state index is 1.06. The van der Waals surface area contributed by atoms with Crippen LogP contribution < -0.4 is 0 Å². The van der Waals surface area contributed by atoms with Gasteiger partial charge in [-0.2, -0.15) is 12.6 Å². The smallest absolute Gasteiger partial charge is 0.00187 e. The van der Waals surface area contributed by atoms with E-state index in [4.69, 9.17) is 0 Å². The molecule has 1 heterocycles. The highest BCUT2D eigenvalue weighted by Crippen LogP contribution is 2.09. The molecule has 0 N–H and O–H groups in total. The fourth-order valence-corrected chi connectivity index (χ4v) is 2.03. The monoisotopic (exact) mass is 187 g/mol. The number of unbranched alkanes of at least 4 members (excludes halogenated alkanes) is 2. The van der Waals surface area contributed by atoms with Gasteiger partial charge in [0.25, 0.3) is 0 Å². The van der Waals surface area contributed by atoms with E-state index in [1.807, 2.05) is 0 Å². The Kier molecular flexibility index (Phi) is 5.88. The second kappa shape index (κ2) is 6.79. The zero-order chi connectivity index (χ0) is 8.65. The minimum absolute atomic E-state index is 1.06. The SMILES string of the molecule is SCCCCCN1CCCCC1. The van der Waals surface area contributed by atoms with Crippen LogP contribution >= 0.6 is 12.6 Å². The maximum Gasteiger partial charge on any atom is -0.00187 e. The van der Waals surface area contributed by atoms with Gasteiger partial charge in [-0.15, -0.1) is 0 Å². The largest absolute Gasteiger partial charge is 0.303 e. The summed E-state index contributed by atoms with van der Waals surface area (Å²) < 4.78 is 0. The van der Waals surface area contributed by atoms with Crippen molar-refractivity contribution in [1.82, 2.24) is 4.90 Å². The van der Waals surface area contributed by atoms with E-state index in [0.29, 0.717) is 0 Å². The van der Waals surface area contributed by atoms with Crippen LogP contribution in [0.4, 0.5) is 0 Å². The third kappa shape index (κ3) is 4.36. The summed E-state index contributed by atoms with van der Waals surface area (Å²) in [7, 11) is 0. The second-order valence-electron chi connectivity index (χ2n) is 3.69. The predicted molar refractivity (Wildman–Crippen MR) is 58.0 cm³/mol. The maximum absolute atomic E-state index is 4.21. The molecule has 0 aromatic heterocycles. The van der Waals surface area contributed by atoms with Crippen LogP contribution in [0.2, 0.25) is 0 Å². The molecular formula is C10H21NS. The van der Waals surface area contributed by atoms with Gasteiger partial charge in [0.1, 0.15) is 0 Å². The number of hydrogen-bond donors (Lipinski definition) is 1. The number of nitrogens with zero attached hydrogens (tertiary/aromatic N) is 1. The molecule has 1 rings (SSSR count). The first-order chi connectivity index (χ1) is 5.93. The average molecular weight is 187 g/mol. The normalized spacial score (nSPS) is 19.8. The van der Waals surface area contributed by atoms with Crippen molar-refractivity contribution >= 4 is 12.6 Å². The van der Waals surface area contributed by atoms with Crippen molar-refractivity contribution in [3.8, 4) is 0 Å². The zero-order valence-electron chi connectivity index (χ0n) is 7.97. The first-order valence-corrected chi connectivity index (χ1v) is 5.90. The van der Waals surface area contributed by atoms with Gasteiger partial charge in [0.05, 0.1) is 0 Å². The van der Waals surface area contributed by atoms with Gasteiger partial charge in [-0.3, -0.25) is 0 Å². The van der Waals surface area contributed by atoms with E-state index in [2.05, 4.69) is 17.5 Å². The van der Waals surface area contributed by atoms with Crippen LogP contribution in [-0.4, -0.2) is 30.3 Å². The molecule has 12 heavy (non-hydrogen) atoms. The Labute approximate surface area is 81.9 Å². The summed E-state index contributed by atoms with van der Waals surface area (Å²) in [6.45, 7) is 4.02. The lowest BCUT2D eigenvalue weighted by Crippen LogP contribution is -2.30. The number of hydrogen-bond acceptors (Lipinski definition) is 2. The standard InChI is InChI=1S/C10H21NS/c12-10-6-2-5-9-11-7-3-1-4-8-11/h12H,1-10H2. The Morgan fingerprint density at radius 1 is 0.917 bits per heavy atom. The molecule has 1 aliphatic rings. The van der Waals surface area contributed by atoms with Crippen LogP contribution in [0.5, 0.6) is 0 Å². The van der Waals surface area contributed by atoms with Gasteiger partial charge >= 0.3 is 0 Å². The van der Waals surface area contributed by atoms with E-state index in [9.17, 15) is 0 Å². The Hall–Kier alpha value is 0.310. The van der Waals surface area contributed by atoms with Crippen molar-refractivity contribution in [1.29, 1.82) is 0 Å². The first-order valence-electron chi connectivity index (χ1n) is 5.26. The first kappa shape index (κ1) is 10.4. The fraction of sp³-hybridized carbons (Fsp3) is 1.00. The zero-order valence-corrected chi connectivity index (χ0v) is 8.86. The van der Waals surface area contributed by atoms with Gasteiger partial charge in [-0.25, -0.2) is 0 Å². The van der Waals surface area contributed by atoms with Gasteiger partial charge in [0.15, 0.2) is 0 Å². The Bertz CT molecular complexity index is 100. The van der Waals surface area contributed by atoms with Crippen molar-refractivity contribution in [3.05, 3.63) is 0 Å². The predicted octanol–water partition coefficient (Wildman–Crippen LogP) is 2.57. The molecule has 0 amide bonds. The molecule has 1 aliphatic heterocycles. The topological polar surface area (TPSA) is 3.24 Å². The molecule has 2 heteroatoms. The third-order valence-corrected chi connectivity index (χ3v) is 2.90. The van der Waals surface area contributed by atoms with Crippen molar-refractivity contribution in [2.75, 3.05) is 25.4 Å². The Balaban J connectivity index is 1.91. The summed E-state index contributed by atoms with van der Waals surface area (Å²) in [5, 5.41) is 0. The number of likely N-dealkylation sites (tertiary alicyclic amines) is 1. The molecule has 0 bridgehead atoms. The van der Waals surface area contributed by atoms with Crippen LogP contribution in [0.3, 0.4) is 0 Å². The lowest BCUT2D eigenvalue weighted by molar-refractivity contribution is 0.224. The van der Waals surface area contributed by atoms with E-state index >= 15 is 0 Å². The molecule has 0 aliphatic carbocycles. The van der Waals surface area contributed by atoms with Crippen molar-refractivity contribution in [2.45, 2.75) is 38.5 Å². The molecule has 0 spiro atoms. The van der Waals surface area contributed by atoms with E-state index < -0.39 is 0 Å². The molecular weight excluding hydrogens is 166 g/mol. The molecule has 0 aromatic rings. The highest BCUT2D eigenvalue weighted by molar-refractivity contribution is 7.80. The van der Waals surface area contributed by atoms with Crippen LogP contribution in [0, 0.1) is 0 Å². The molecule has 1 nitrogen and oxygen atoms in total. The van der Waals surface area contributed by atoms with Gasteiger partial charge in [-0.1, -0.05) is 12.8 Å². The summed E-state index contributed by atoms with van der Waals surface area (Å²) in [5.41, 5.74) is 0. The number of rotatable bonds is 5. The van der Waals surface area contributed by atoms with Gasteiger partial charge in [0.2, 0.25) is 0 Å². The highest BCUT2D eigenvalue weighted by Gasteiger charge is 2.08. The fourth-order valence-electron chi connectivity index (χ4n) is 1.81. The van der Waals surface area contributed by atoms with Gasteiger partial charge in [-0.05, 0) is 51.1 Å². The Morgan fingerprint density at radius 3 is 2.33 bits per heavy atom. The van der Waals surface area contributed by atoms with Crippen LogP contribution in [0.25, 0.3) is 0 Å². The van der Waals surface area contributed by atoms with Gasteiger partial charge < -0.3 is 4.90 Å². The van der Waals surface area contributed by atoms with Crippen LogP contribution in [0.15, 0.2) is 0 Å². The summed E-state index contributed by atoms with van der Waals surface area (Å²) >= 11 is 4.21. The summed E-state index contributed by atoms with van der Waals surface area (Å²) in [5.74, 6) is 1.06. The van der Waals surface area contributed by atoms with Crippen molar-refractivity contribution < 1.29 is 0 Å². The molecule has 0 unspecified atom stereocenters. The van der Waals surface area contributed by atoms with E-state index in [1.54, 1.807) is 0 Å². The Morgan fingerprint density at radius 2 is 1.67 bits per heavy atom. The maximum atomic E-state index is 4.21. The van der Waals surface area contributed by atoms with E-state index in [0.717, 1.165) is 5.75 Å². The van der Waals surface area contributed by atoms with Crippen molar-refractivity contribution in [3.63, 3.8) is 0 Å². The molecule has 1 fully saturated rings. The lowest BCUT2D eigenvalue weighted by Gasteiger charge is -2.26. The van der Waals surface area contributed by atoms with Crippen LogP contribution in [0.1, 0.15) is 38.5 Å². The second-order valence-corrected chi connectivity index (χ2v) is 4.13. The molecule has 1 saturated heterocycles. The summed E-state index contributed by atoms with van der Waals surface area (Å²) in [4.78, 5) is 2.61. The molecule has 72 valence electrons. The quantitative estimate of drug-likeness (QED) is 0.511. The molecule has 0 aromatic carbocycles. The summed E-state index contributed by atoms with van der Waals surface area (Å²) in [6.07, 6.45) is 8.32. The highest BCUT2D eigenvalue weighted by atomic mass is 32.1. The average Bonchev–Trinajstić information content (AvgIpc) is 2.14. The van der Waals surface area contributed by atoms with Crippen molar-refractivity contribution in [2.24, 2.45) is 0 Å². The van der Waals surface area contributed by atoms with Gasteiger partial charge in [0, 0.05) is 0 Å². The minimum Gasteiger partial charge on any atom is -0.303 e. The van der Waals surface area contributed by atoms with E-state index in [-0.39, 0.29) is 0 Å². The number of thiol groups is 1. The molecule has 0 saturated carbocycles. The lowest BCUT2D eigenvalue weighted by atomic mass is 10.1. The molecule has 0 radical (unpaired) electrons. The molecule has 0 atom stereocenters.